The van der Waals surface area contributed by atoms with E-state index >= 15 is 0 Å². The van der Waals surface area contributed by atoms with Crippen LogP contribution in [0.15, 0.2) is 24.3 Å². The molecule has 1 aliphatic heterocycles. The van der Waals surface area contributed by atoms with Crippen molar-refractivity contribution in [2.45, 2.75) is 51.7 Å². The Hall–Kier alpha value is -1.55. The summed E-state index contributed by atoms with van der Waals surface area (Å²) >= 11 is 0. The first-order valence-corrected chi connectivity index (χ1v) is 7.87. The first-order chi connectivity index (χ1) is 10.1. The van der Waals surface area contributed by atoms with E-state index < -0.39 is 0 Å². The summed E-state index contributed by atoms with van der Waals surface area (Å²) in [4.78, 5) is 14.5. The zero-order valence-electron chi connectivity index (χ0n) is 13.3. The number of rotatable bonds is 5. The van der Waals surface area contributed by atoms with Crippen LogP contribution in [0, 0.1) is 0 Å². The number of methoxy groups -OCH3 is 1. The Morgan fingerprint density at radius 1 is 1.33 bits per heavy atom. The van der Waals surface area contributed by atoms with Crippen LogP contribution >= 0.6 is 0 Å². The highest BCUT2D eigenvalue weighted by Crippen LogP contribution is 2.22. The van der Waals surface area contributed by atoms with Crippen LogP contribution in [0.2, 0.25) is 0 Å². The summed E-state index contributed by atoms with van der Waals surface area (Å²) < 4.78 is 5.22. The fourth-order valence-electron chi connectivity index (χ4n) is 3.18. The molecule has 4 nitrogen and oxygen atoms in total. The number of nitrogens with two attached hydrogens (primary N) is 1. The molecule has 21 heavy (non-hydrogen) atoms. The summed E-state index contributed by atoms with van der Waals surface area (Å²) in [6, 6.07) is 8.77. The van der Waals surface area contributed by atoms with Crippen molar-refractivity contribution in [3.63, 3.8) is 0 Å². The van der Waals surface area contributed by atoms with Gasteiger partial charge >= 0.3 is 0 Å². The molecule has 1 fully saturated rings. The van der Waals surface area contributed by atoms with E-state index in [2.05, 4.69) is 30.1 Å². The summed E-state index contributed by atoms with van der Waals surface area (Å²) in [6.45, 7) is 5.65. The van der Waals surface area contributed by atoms with Gasteiger partial charge in [-0.25, -0.2) is 0 Å². The molecule has 1 saturated heterocycles. The lowest BCUT2D eigenvalue weighted by atomic mass is 9.97. The normalized spacial score (nSPS) is 22.1. The summed E-state index contributed by atoms with van der Waals surface area (Å²) in [6.07, 6.45) is 3.50. The Balaban J connectivity index is 1.83. The van der Waals surface area contributed by atoms with Gasteiger partial charge < -0.3 is 15.0 Å². The van der Waals surface area contributed by atoms with Crippen LogP contribution in [-0.2, 0) is 11.3 Å². The van der Waals surface area contributed by atoms with Crippen molar-refractivity contribution in [3.8, 4) is 5.75 Å². The molecule has 1 heterocycles. The number of carbonyl (C=O) groups excluding carboxylic acids is 1. The molecule has 0 radical (unpaired) electrons. The Labute approximate surface area is 127 Å². The maximum Gasteiger partial charge on any atom is 0.278 e. The van der Waals surface area contributed by atoms with Crippen molar-refractivity contribution in [2.75, 3.05) is 13.7 Å². The van der Waals surface area contributed by atoms with Gasteiger partial charge in [-0.2, -0.15) is 0 Å². The van der Waals surface area contributed by atoms with E-state index in [1.165, 1.54) is 12.0 Å². The second kappa shape index (κ2) is 7.46. The second-order valence-electron chi connectivity index (χ2n) is 5.98. The summed E-state index contributed by atoms with van der Waals surface area (Å²) in [5.41, 5.74) is 1.18. The lowest BCUT2D eigenvalue weighted by molar-refractivity contribution is -0.660. The van der Waals surface area contributed by atoms with Crippen LogP contribution in [0.5, 0.6) is 5.75 Å². The molecule has 4 heteroatoms. The molecule has 2 N–H and O–H groups in total. The van der Waals surface area contributed by atoms with Gasteiger partial charge in [0.15, 0.2) is 6.54 Å². The molecule has 2 atom stereocenters. The van der Waals surface area contributed by atoms with E-state index in [-0.39, 0.29) is 5.91 Å². The minimum absolute atomic E-state index is 0.262. The van der Waals surface area contributed by atoms with E-state index in [4.69, 9.17) is 4.74 Å². The van der Waals surface area contributed by atoms with Crippen LogP contribution in [-0.4, -0.2) is 36.5 Å². The Bertz CT molecular complexity index is 466. The van der Waals surface area contributed by atoms with Crippen molar-refractivity contribution >= 4 is 5.91 Å². The van der Waals surface area contributed by atoms with Gasteiger partial charge in [0, 0.05) is 17.6 Å². The number of hydrogen-bond donors (Lipinski definition) is 1. The largest absolute Gasteiger partial charge is 0.497 e. The molecule has 0 spiro atoms. The fraction of sp³-hybridized carbons (Fsp3) is 0.588. The molecule has 2 rings (SSSR count). The van der Waals surface area contributed by atoms with Crippen molar-refractivity contribution in [3.05, 3.63) is 29.8 Å². The number of hydrogen-bond acceptors (Lipinski definition) is 2. The first kappa shape index (κ1) is 15.8. The van der Waals surface area contributed by atoms with Gasteiger partial charge in [-0.1, -0.05) is 12.1 Å². The van der Waals surface area contributed by atoms with Gasteiger partial charge in [-0.3, -0.25) is 4.79 Å². The van der Waals surface area contributed by atoms with Crippen LogP contribution < -0.4 is 10.1 Å². The monoisotopic (exact) mass is 291 g/mol. The minimum atomic E-state index is 0.262. The average molecular weight is 291 g/mol. The number of carbonyl (C=O) groups is 1. The second-order valence-corrected chi connectivity index (χ2v) is 5.98. The van der Waals surface area contributed by atoms with E-state index in [1.54, 1.807) is 7.11 Å². The summed E-state index contributed by atoms with van der Waals surface area (Å²) in [5.74, 6) is 1.13. The van der Waals surface area contributed by atoms with Gasteiger partial charge in [0.05, 0.1) is 7.11 Å². The zero-order chi connectivity index (χ0) is 15.2. The van der Waals surface area contributed by atoms with E-state index in [0.29, 0.717) is 18.6 Å². The van der Waals surface area contributed by atoms with Crippen molar-refractivity contribution in [2.24, 2.45) is 0 Å². The molecule has 0 unspecified atom stereocenters. The quantitative estimate of drug-likeness (QED) is 0.894. The number of ether oxygens (including phenoxy) is 1. The number of amides is 1. The van der Waals surface area contributed by atoms with Crippen molar-refractivity contribution in [1.82, 2.24) is 4.90 Å². The predicted octanol–water partition coefficient (Wildman–Crippen LogP) is 1.55. The molecule has 116 valence electrons. The molecule has 0 saturated carbocycles. The third-order valence-corrected chi connectivity index (χ3v) is 4.31. The Kier molecular flexibility index (Phi) is 5.62. The molecule has 1 aliphatic rings. The lowest BCUT2D eigenvalue weighted by Gasteiger charge is -2.38. The van der Waals surface area contributed by atoms with Gasteiger partial charge in [0.2, 0.25) is 0 Å². The summed E-state index contributed by atoms with van der Waals surface area (Å²) in [5, 5.41) is 2.07. The van der Waals surface area contributed by atoms with E-state index in [1.807, 2.05) is 18.2 Å². The highest BCUT2D eigenvalue weighted by atomic mass is 16.5. The molecular weight excluding hydrogens is 264 g/mol. The maximum atomic E-state index is 12.4. The van der Waals surface area contributed by atoms with Crippen LogP contribution in [0.4, 0.5) is 0 Å². The highest BCUT2D eigenvalue weighted by Gasteiger charge is 2.29. The standard InChI is InChI=1S/C17H26N2O2/c1-13-6-4-7-14(2)19(13)17(20)12-18-11-15-8-5-9-16(10-15)21-3/h5,8-10,13-14,18H,4,6-7,11-12H2,1-3H3/p+1/t13-,14-/m0/s1. The van der Waals surface area contributed by atoms with Gasteiger partial charge in [-0.15, -0.1) is 0 Å². The third-order valence-electron chi connectivity index (χ3n) is 4.31. The SMILES string of the molecule is COc1cccc(C[NH2+]CC(=O)N2[C@@H](C)CCC[C@@H]2C)c1. The zero-order valence-corrected chi connectivity index (χ0v) is 13.3. The fourth-order valence-corrected chi connectivity index (χ4v) is 3.18. The van der Waals surface area contributed by atoms with E-state index in [9.17, 15) is 4.79 Å². The number of likely N-dealkylation sites (tertiary alicyclic amines) is 1. The topological polar surface area (TPSA) is 46.1 Å². The molecule has 0 aliphatic carbocycles. The molecule has 1 aromatic carbocycles. The van der Waals surface area contributed by atoms with E-state index in [0.717, 1.165) is 25.1 Å². The third kappa shape index (κ3) is 4.21. The molecule has 1 amide bonds. The lowest BCUT2D eigenvalue weighted by Crippen LogP contribution is -2.85. The summed E-state index contributed by atoms with van der Waals surface area (Å²) in [7, 11) is 1.67. The minimum Gasteiger partial charge on any atom is -0.497 e. The van der Waals surface area contributed by atoms with Gasteiger partial charge in [-0.05, 0) is 45.2 Å². The molecule has 0 aromatic heterocycles. The van der Waals surface area contributed by atoms with Crippen LogP contribution in [0.25, 0.3) is 0 Å². The first-order valence-electron chi connectivity index (χ1n) is 7.87. The van der Waals surface area contributed by atoms with Crippen molar-refractivity contribution < 1.29 is 14.8 Å². The van der Waals surface area contributed by atoms with Gasteiger partial charge in [0.25, 0.3) is 5.91 Å². The molecule has 1 aromatic rings. The predicted molar refractivity (Wildman–Crippen MR) is 83.1 cm³/mol. The number of piperidine rings is 1. The number of quaternary nitrogens is 1. The Morgan fingerprint density at radius 2 is 2.05 bits per heavy atom. The molecular formula is C17H27N2O2+. The Morgan fingerprint density at radius 3 is 2.71 bits per heavy atom. The van der Waals surface area contributed by atoms with Crippen LogP contribution in [0.3, 0.4) is 0 Å². The number of nitrogens with zero attached hydrogens (tertiary/aromatic N) is 1. The van der Waals surface area contributed by atoms with Crippen molar-refractivity contribution in [1.29, 1.82) is 0 Å². The average Bonchev–Trinajstić information content (AvgIpc) is 2.47. The van der Waals surface area contributed by atoms with Crippen LogP contribution in [0.1, 0.15) is 38.7 Å². The smallest absolute Gasteiger partial charge is 0.278 e. The highest BCUT2D eigenvalue weighted by molar-refractivity contribution is 5.77. The molecule has 0 bridgehead atoms. The maximum absolute atomic E-state index is 12.4. The number of benzene rings is 1. The van der Waals surface area contributed by atoms with Gasteiger partial charge in [0.1, 0.15) is 12.3 Å².